The zero-order valence-electron chi connectivity index (χ0n) is 17.8. The van der Waals surface area contributed by atoms with Gasteiger partial charge in [0.1, 0.15) is 5.75 Å². The fraction of sp³-hybridized carbons (Fsp3) is 0.391. The van der Waals surface area contributed by atoms with Gasteiger partial charge < -0.3 is 14.6 Å². The van der Waals surface area contributed by atoms with Gasteiger partial charge in [0.2, 0.25) is 6.79 Å². The molecule has 0 fully saturated rings. The summed E-state index contributed by atoms with van der Waals surface area (Å²) < 4.78 is 10.6. The number of phenolic OH excluding ortho intramolecular Hbond substituents is 1. The Bertz CT molecular complexity index is 931. The average molecular weight is 396 g/mol. The number of hydrazone groups is 1. The first kappa shape index (κ1) is 20.7. The van der Waals surface area contributed by atoms with E-state index in [1.807, 2.05) is 12.1 Å². The number of hydrogen-bond acceptors (Lipinski definition) is 5. The fourth-order valence-electron chi connectivity index (χ4n) is 3.14. The molecule has 0 aliphatic carbocycles. The molecule has 154 valence electrons. The van der Waals surface area contributed by atoms with Crippen molar-refractivity contribution in [1.29, 1.82) is 0 Å². The van der Waals surface area contributed by atoms with E-state index in [1.165, 1.54) is 0 Å². The normalized spacial score (nSPS) is 13.7. The largest absolute Gasteiger partial charge is 0.507 e. The number of fused-ring (bicyclic) bond motifs is 1. The van der Waals surface area contributed by atoms with Gasteiger partial charge in [0.05, 0.1) is 6.21 Å². The molecule has 0 bridgehead atoms. The molecule has 29 heavy (non-hydrogen) atoms. The van der Waals surface area contributed by atoms with Gasteiger partial charge in [-0.05, 0) is 46.7 Å². The number of benzene rings is 2. The van der Waals surface area contributed by atoms with Gasteiger partial charge in [-0.2, -0.15) is 5.10 Å². The third-order valence-corrected chi connectivity index (χ3v) is 4.76. The highest BCUT2D eigenvalue weighted by Crippen LogP contribution is 2.39. The Balaban J connectivity index is 1.83. The molecule has 6 nitrogen and oxygen atoms in total. The maximum atomic E-state index is 12.4. The van der Waals surface area contributed by atoms with Crippen molar-refractivity contribution in [2.75, 3.05) is 6.79 Å². The molecule has 2 aromatic carbocycles. The molecule has 0 atom stereocenters. The number of nitrogens with one attached hydrogen (secondary N) is 1. The van der Waals surface area contributed by atoms with E-state index >= 15 is 0 Å². The molecular weight excluding hydrogens is 368 g/mol. The van der Waals surface area contributed by atoms with Crippen LogP contribution in [0.1, 0.15) is 68.6 Å². The molecule has 1 aliphatic rings. The first-order valence-electron chi connectivity index (χ1n) is 9.58. The molecule has 0 radical (unpaired) electrons. The van der Waals surface area contributed by atoms with Crippen molar-refractivity contribution in [2.24, 2.45) is 5.10 Å². The van der Waals surface area contributed by atoms with Crippen LogP contribution in [0.25, 0.3) is 0 Å². The number of rotatable bonds is 3. The Morgan fingerprint density at radius 3 is 2.17 bits per heavy atom. The maximum Gasteiger partial charge on any atom is 0.271 e. The van der Waals surface area contributed by atoms with Gasteiger partial charge in [0.25, 0.3) is 5.91 Å². The zero-order valence-corrected chi connectivity index (χ0v) is 17.8. The van der Waals surface area contributed by atoms with Crippen LogP contribution in [0, 0.1) is 0 Å². The zero-order chi connectivity index (χ0) is 21.4. The summed E-state index contributed by atoms with van der Waals surface area (Å²) in [6.45, 7) is 12.5. The molecule has 6 heteroatoms. The molecule has 0 saturated carbocycles. The van der Waals surface area contributed by atoms with Crippen molar-refractivity contribution >= 4 is 12.1 Å². The van der Waals surface area contributed by atoms with Gasteiger partial charge in [-0.25, -0.2) is 5.43 Å². The van der Waals surface area contributed by atoms with Crippen LogP contribution in [-0.4, -0.2) is 24.0 Å². The van der Waals surface area contributed by atoms with Crippen LogP contribution in [0.5, 0.6) is 17.2 Å². The molecule has 1 aliphatic heterocycles. The molecule has 2 aromatic rings. The predicted molar refractivity (Wildman–Crippen MR) is 113 cm³/mol. The van der Waals surface area contributed by atoms with Crippen LogP contribution >= 0.6 is 0 Å². The predicted octanol–water partition coefficient (Wildman–Crippen LogP) is 4.48. The Labute approximate surface area is 171 Å². The van der Waals surface area contributed by atoms with Crippen molar-refractivity contribution in [3.05, 3.63) is 52.6 Å². The molecule has 0 saturated heterocycles. The number of carbonyl (C=O) groups is 1. The Hall–Kier alpha value is -3.02. The summed E-state index contributed by atoms with van der Waals surface area (Å²) in [5, 5.41) is 14.9. The molecule has 0 unspecified atom stereocenters. The first-order valence-corrected chi connectivity index (χ1v) is 9.58. The third kappa shape index (κ3) is 4.53. The van der Waals surface area contributed by atoms with E-state index in [-0.39, 0.29) is 23.5 Å². The molecule has 1 amide bonds. The van der Waals surface area contributed by atoms with Gasteiger partial charge in [0, 0.05) is 16.7 Å². The number of amides is 1. The number of hydrogen-bond donors (Lipinski definition) is 2. The summed E-state index contributed by atoms with van der Waals surface area (Å²) >= 11 is 0. The molecule has 3 rings (SSSR count). The van der Waals surface area contributed by atoms with Crippen LogP contribution < -0.4 is 14.9 Å². The van der Waals surface area contributed by atoms with Gasteiger partial charge in [-0.3, -0.25) is 4.79 Å². The summed E-state index contributed by atoms with van der Waals surface area (Å²) in [7, 11) is 0. The quantitative estimate of drug-likeness (QED) is 0.592. The van der Waals surface area contributed by atoms with E-state index in [2.05, 4.69) is 52.1 Å². The lowest BCUT2D eigenvalue weighted by Crippen LogP contribution is -2.19. The average Bonchev–Trinajstić information content (AvgIpc) is 3.08. The second kappa shape index (κ2) is 7.43. The van der Waals surface area contributed by atoms with Gasteiger partial charge in [-0.15, -0.1) is 0 Å². The molecule has 0 aromatic heterocycles. The number of ether oxygens (including phenoxy) is 2. The Kier molecular flexibility index (Phi) is 5.30. The van der Waals surface area contributed by atoms with Gasteiger partial charge in [0.15, 0.2) is 11.5 Å². The van der Waals surface area contributed by atoms with Crippen LogP contribution in [0.15, 0.2) is 35.4 Å². The van der Waals surface area contributed by atoms with Crippen LogP contribution in [0.3, 0.4) is 0 Å². The summed E-state index contributed by atoms with van der Waals surface area (Å²) in [6.07, 6.45) is 1.59. The smallest absolute Gasteiger partial charge is 0.271 e. The van der Waals surface area contributed by atoms with Crippen molar-refractivity contribution in [3.63, 3.8) is 0 Å². The second-order valence-corrected chi connectivity index (χ2v) is 9.23. The highest BCUT2D eigenvalue weighted by atomic mass is 16.7. The number of carbonyl (C=O) groups excluding carboxylic acids is 1. The minimum absolute atomic E-state index is 0.158. The molecule has 1 heterocycles. The summed E-state index contributed by atoms with van der Waals surface area (Å²) in [6, 6.07) is 8.80. The fourth-order valence-corrected chi connectivity index (χ4v) is 3.14. The van der Waals surface area contributed by atoms with Crippen LogP contribution in [-0.2, 0) is 10.8 Å². The van der Waals surface area contributed by atoms with E-state index in [0.29, 0.717) is 22.8 Å². The SMILES string of the molecule is CC(C)(C)c1cc(/C=N/NC(=O)c2ccc3c(c2)OCO3)cc(C(C)(C)C)c1O. The minimum Gasteiger partial charge on any atom is -0.507 e. The van der Waals surface area contributed by atoms with Crippen LogP contribution in [0.2, 0.25) is 0 Å². The molecule has 0 spiro atoms. The summed E-state index contributed by atoms with van der Waals surface area (Å²) in [4.78, 5) is 12.4. The van der Waals surface area contributed by atoms with Crippen molar-refractivity contribution < 1.29 is 19.4 Å². The van der Waals surface area contributed by atoms with E-state index in [4.69, 9.17) is 9.47 Å². The van der Waals surface area contributed by atoms with E-state index in [1.54, 1.807) is 24.4 Å². The lowest BCUT2D eigenvalue weighted by molar-refractivity contribution is 0.0954. The topological polar surface area (TPSA) is 80.2 Å². The first-order chi connectivity index (χ1) is 13.5. The standard InChI is InChI=1S/C23H28N2O4/c1-22(2,3)16-9-14(10-17(20(16)26)23(4,5)6)12-24-25-21(27)15-7-8-18-19(11-15)29-13-28-18/h7-12,26H,13H2,1-6H3,(H,25,27)/b24-12+. The highest BCUT2D eigenvalue weighted by molar-refractivity contribution is 5.95. The lowest BCUT2D eigenvalue weighted by Gasteiger charge is -2.27. The van der Waals surface area contributed by atoms with E-state index < -0.39 is 0 Å². The highest BCUT2D eigenvalue weighted by Gasteiger charge is 2.26. The monoisotopic (exact) mass is 396 g/mol. The van der Waals surface area contributed by atoms with E-state index in [0.717, 1.165) is 16.7 Å². The molecule has 2 N–H and O–H groups in total. The van der Waals surface area contributed by atoms with Gasteiger partial charge in [-0.1, -0.05) is 41.5 Å². The number of phenols is 1. The lowest BCUT2D eigenvalue weighted by atomic mass is 9.78. The Morgan fingerprint density at radius 1 is 1.00 bits per heavy atom. The summed E-state index contributed by atoms with van der Waals surface area (Å²) in [5.41, 5.74) is 5.00. The minimum atomic E-state index is -0.342. The van der Waals surface area contributed by atoms with Gasteiger partial charge >= 0.3 is 0 Å². The third-order valence-electron chi connectivity index (χ3n) is 4.76. The van der Waals surface area contributed by atoms with E-state index in [9.17, 15) is 9.90 Å². The molecular formula is C23H28N2O4. The van der Waals surface area contributed by atoms with Crippen molar-refractivity contribution in [3.8, 4) is 17.2 Å². The number of aromatic hydroxyl groups is 1. The van der Waals surface area contributed by atoms with Crippen molar-refractivity contribution in [1.82, 2.24) is 5.43 Å². The Morgan fingerprint density at radius 2 is 1.59 bits per heavy atom. The van der Waals surface area contributed by atoms with Crippen LogP contribution in [0.4, 0.5) is 0 Å². The maximum absolute atomic E-state index is 12.4. The second-order valence-electron chi connectivity index (χ2n) is 9.23. The number of nitrogens with zero attached hydrogens (tertiary/aromatic N) is 1. The van der Waals surface area contributed by atoms with Crippen molar-refractivity contribution in [2.45, 2.75) is 52.4 Å². The summed E-state index contributed by atoms with van der Waals surface area (Å²) in [5.74, 6) is 1.14.